The van der Waals surface area contributed by atoms with Gasteiger partial charge < -0.3 is 15.0 Å². The highest BCUT2D eigenvalue weighted by Crippen LogP contribution is 2.49. The van der Waals surface area contributed by atoms with Gasteiger partial charge >= 0.3 is 0 Å². The second-order valence-corrected chi connectivity index (χ2v) is 7.89. The fourth-order valence-corrected chi connectivity index (χ4v) is 4.55. The Morgan fingerprint density at radius 1 is 1.22 bits per heavy atom. The predicted molar refractivity (Wildman–Crippen MR) is 110 cm³/mol. The molecule has 2 aromatic rings. The molecule has 0 spiro atoms. The zero-order chi connectivity index (χ0) is 19.3. The average molecular weight is 382 g/mol. The molecule has 2 bridgehead atoms. The molecule has 0 aliphatic carbocycles. The fourth-order valence-electron chi connectivity index (χ4n) is 4.14. The second kappa shape index (κ2) is 6.23. The number of carbonyl (C=O) groups excluding carboxylic acids is 1. The summed E-state index contributed by atoms with van der Waals surface area (Å²) < 4.78 is 6.50. The molecule has 3 unspecified atom stereocenters. The Balaban J connectivity index is 1.92. The number of ether oxygens (including phenoxy) is 1. The Morgan fingerprint density at radius 3 is 2.67 bits per heavy atom. The molecule has 5 nitrogen and oxygen atoms in total. The number of benzene rings is 2. The van der Waals surface area contributed by atoms with Gasteiger partial charge in [-0.2, -0.15) is 0 Å². The number of rotatable bonds is 2. The first-order chi connectivity index (χ1) is 12.8. The highest BCUT2D eigenvalue weighted by molar-refractivity contribution is 7.80. The van der Waals surface area contributed by atoms with E-state index < -0.39 is 11.6 Å². The smallest absolute Gasteiger partial charge is 0.233 e. The number of carbonyl (C=O) groups is 1. The van der Waals surface area contributed by atoms with Crippen LogP contribution >= 0.6 is 12.2 Å². The van der Waals surface area contributed by atoms with Crippen molar-refractivity contribution in [3.05, 3.63) is 59.7 Å². The van der Waals surface area contributed by atoms with Crippen LogP contribution in [0.2, 0.25) is 0 Å². The zero-order valence-corrected chi connectivity index (χ0v) is 16.7. The van der Waals surface area contributed by atoms with E-state index in [0.717, 1.165) is 22.6 Å². The maximum atomic E-state index is 13.2. The normalized spacial score (nSPS) is 25.9. The van der Waals surface area contributed by atoms with Gasteiger partial charge in [0, 0.05) is 25.3 Å². The monoisotopic (exact) mass is 381 g/mol. The summed E-state index contributed by atoms with van der Waals surface area (Å²) in [5.74, 6) is 0.333. The van der Waals surface area contributed by atoms with Gasteiger partial charge in [-0.05, 0) is 49.8 Å². The predicted octanol–water partition coefficient (Wildman–Crippen LogP) is 3.24. The number of thiocarbonyl (C=S) groups is 1. The molecule has 140 valence electrons. The zero-order valence-electron chi connectivity index (χ0n) is 15.9. The van der Waals surface area contributed by atoms with Crippen LogP contribution in [0, 0.1) is 12.8 Å². The Kier molecular flexibility index (Phi) is 4.11. The van der Waals surface area contributed by atoms with E-state index >= 15 is 0 Å². The maximum Gasteiger partial charge on any atom is 0.233 e. The van der Waals surface area contributed by atoms with Crippen molar-refractivity contribution in [2.45, 2.75) is 25.6 Å². The highest BCUT2D eigenvalue weighted by atomic mass is 32.1. The number of amides is 1. The van der Waals surface area contributed by atoms with E-state index in [0.29, 0.717) is 5.11 Å². The molecule has 2 aliphatic heterocycles. The molecular formula is C21H23N3O2S. The SMILES string of the molecule is Cc1cccc(N2C(=S)NC3c4ccccc4OC2(C)C3C(=O)N(C)C)c1. The number of anilines is 1. The standard InChI is InChI=1S/C21H23N3O2S/c1-13-8-7-9-14(12-13)24-20(27)22-18-15-10-5-6-11-16(15)26-21(24,2)17(18)19(25)23(3)4/h5-12,17-18H,1-4H3,(H,22,27). The third kappa shape index (κ3) is 2.67. The Hall–Kier alpha value is -2.60. The van der Waals surface area contributed by atoms with Gasteiger partial charge in [0.15, 0.2) is 10.8 Å². The van der Waals surface area contributed by atoms with Crippen LogP contribution < -0.4 is 15.0 Å². The summed E-state index contributed by atoms with van der Waals surface area (Å²) in [6.45, 7) is 3.99. The number of nitrogens with one attached hydrogen (secondary N) is 1. The Labute approximate surface area is 164 Å². The van der Waals surface area contributed by atoms with Crippen molar-refractivity contribution in [2.75, 3.05) is 19.0 Å². The van der Waals surface area contributed by atoms with E-state index in [1.165, 1.54) is 0 Å². The second-order valence-electron chi connectivity index (χ2n) is 7.51. The first kappa shape index (κ1) is 17.8. The number of hydrogen-bond donors (Lipinski definition) is 1. The van der Waals surface area contributed by atoms with Gasteiger partial charge in [0.25, 0.3) is 0 Å². The molecule has 2 aromatic carbocycles. The van der Waals surface area contributed by atoms with E-state index in [1.54, 1.807) is 19.0 Å². The van der Waals surface area contributed by atoms with Crippen LogP contribution in [0.15, 0.2) is 48.5 Å². The van der Waals surface area contributed by atoms with Gasteiger partial charge in [0.05, 0.1) is 6.04 Å². The molecule has 1 amide bonds. The molecule has 2 heterocycles. The number of fused-ring (bicyclic) bond motifs is 4. The van der Waals surface area contributed by atoms with E-state index in [4.69, 9.17) is 17.0 Å². The molecule has 0 saturated carbocycles. The molecule has 27 heavy (non-hydrogen) atoms. The van der Waals surface area contributed by atoms with Crippen molar-refractivity contribution in [1.82, 2.24) is 10.2 Å². The van der Waals surface area contributed by atoms with Gasteiger partial charge in [-0.3, -0.25) is 9.69 Å². The lowest BCUT2D eigenvalue weighted by molar-refractivity contribution is -0.144. The number of para-hydroxylation sites is 1. The summed E-state index contributed by atoms with van der Waals surface area (Å²) in [5, 5.41) is 3.97. The van der Waals surface area contributed by atoms with Crippen LogP contribution in [-0.4, -0.2) is 35.7 Å². The van der Waals surface area contributed by atoms with Crippen molar-refractivity contribution >= 4 is 28.9 Å². The van der Waals surface area contributed by atoms with Crippen molar-refractivity contribution in [2.24, 2.45) is 5.92 Å². The molecule has 1 fully saturated rings. The summed E-state index contributed by atoms with van der Waals surface area (Å²) in [6, 6.07) is 15.7. The maximum absolute atomic E-state index is 13.2. The lowest BCUT2D eigenvalue weighted by Crippen LogP contribution is -2.72. The van der Waals surface area contributed by atoms with Gasteiger partial charge in [0.2, 0.25) is 5.91 Å². The molecule has 6 heteroatoms. The Bertz CT molecular complexity index is 929. The minimum absolute atomic E-state index is 0.00431. The van der Waals surface area contributed by atoms with Crippen LogP contribution in [-0.2, 0) is 4.79 Å². The molecule has 2 aliphatic rings. The quantitative estimate of drug-likeness (QED) is 0.809. The van der Waals surface area contributed by atoms with Crippen LogP contribution in [0.3, 0.4) is 0 Å². The van der Waals surface area contributed by atoms with E-state index in [1.807, 2.05) is 61.2 Å². The van der Waals surface area contributed by atoms with Gasteiger partial charge in [0.1, 0.15) is 11.7 Å². The summed E-state index contributed by atoms with van der Waals surface area (Å²) in [6.07, 6.45) is 0. The molecule has 4 rings (SSSR count). The highest BCUT2D eigenvalue weighted by Gasteiger charge is 2.59. The van der Waals surface area contributed by atoms with Crippen LogP contribution in [0.4, 0.5) is 5.69 Å². The van der Waals surface area contributed by atoms with Gasteiger partial charge in [-0.1, -0.05) is 30.3 Å². The van der Waals surface area contributed by atoms with E-state index in [-0.39, 0.29) is 11.9 Å². The Morgan fingerprint density at radius 2 is 1.96 bits per heavy atom. The van der Waals surface area contributed by atoms with Crippen LogP contribution in [0.1, 0.15) is 24.1 Å². The summed E-state index contributed by atoms with van der Waals surface area (Å²) in [7, 11) is 3.55. The minimum atomic E-state index is -0.934. The van der Waals surface area contributed by atoms with Crippen molar-refractivity contribution in [1.29, 1.82) is 0 Å². The first-order valence-electron chi connectivity index (χ1n) is 8.99. The molecule has 1 saturated heterocycles. The third-order valence-electron chi connectivity index (χ3n) is 5.37. The van der Waals surface area contributed by atoms with Crippen molar-refractivity contribution in [3.8, 4) is 5.75 Å². The van der Waals surface area contributed by atoms with Crippen LogP contribution in [0.5, 0.6) is 5.75 Å². The van der Waals surface area contributed by atoms with Gasteiger partial charge in [-0.15, -0.1) is 0 Å². The third-order valence-corrected chi connectivity index (χ3v) is 5.67. The molecule has 1 N–H and O–H groups in total. The molecule has 3 atom stereocenters. The lowest BCUT2D eigenvalue weighted by Gasteiger charge is -2.56. The number of aryl methyl sites for hydroxylation is 1. The average Bonchev–Trinajstić information content (AvgIpc) is 2.60. The lowest BCUT2D eigenvalue weighted by atomic mass is 9.78. The molecular weight excluding hydrogens is 358 g/mol. The number of nitrogens with zero attached hydrogens (tertiary/aromatic N) is 2. The first-order valence-corrected chi connectivity index (χ1v) is 9.40. The van der Waals surface area contributed by atoms with Crippen LogP contribution in [0.25, 0.3) is 0 Å². The largest absolute Gasteiger partial charge is 0.467 e. The van der Waals surface area contributed by atoms with E-state index in [2.05, 4.69) is 11.4 Å². The minimum Gasteiger partial charge on any atom is -0.467 e. The van der Waals surface area contributed by atoms with Crippen molar-refractivity contribution < 1.29 is 9.53 Å². The summed E-state index contributed by atoms with van der Waals surface area (Å²) in [5.41, 5.74) is 2.05. The summed E-state index contributed by atoms with van der Waals surface area (Å²) >= 11 is 5.72. The fraction of sp³-hybridized carbons (Fsp3) is 0.333. The van der Waals surface area contributed by atoms with Crippen molar-refractivity contribution in [3.63, 3.8) is 0 Å². The summed E-state index contributed by atoms with van der Waals surface area (Å²) in [4.78, 5) is 16.8. The van der Waals surface area contributed by atoms with Gasteiger partial charge in [-0.25, -0.2) is 0 Å². The molecule has 0 aromatic heterocycles. The topological polar surface area (TPSA) is 44.8 Å². The van der Waals surface area contributed by atoms with E-state index in [9.17, 15) is 4.79 Å². The molecule has 0 radical (unpaired) electrons. The number of hydrogen-bond acceptors (Lipinski definition) is 3.